The maximum Gasteiger partial charge on any atom is 0.314 e. The van der Waals surface area contributed by atoms with E-state index in [0.717, 1.165) is 5.56 Å². The Morgan fingerprint density at radius 3 is 2.14 bits per heavy atom. The molecular weight excluding hydrogens is 556 g/mol. The number of phenols is 2. The first-order chi connectivity index (χ1) is 20.3. The number of carbonyl (C=O) groups is 2. The Kier molecular flexibility index (Phi) is 6.72. The number of esters is 1. The van der Waals surface area contributed by atoms with Crippen LogP contribution in [0.5, 0.6) is 23.0 Å². The average Bonchev–Trinajstić information content (AvgIpc) is 2.94. The number of methoxy groups -OCH3 is 3. The smallest absolute Gasteiger partial charge is 0.314 e. The van der Waals surface area contributed by atoms with Crippen LogP contribution < -0.4 is 9.47 Å². The van der Waals surface area contributed by atoms with Gasteiger partial charge in [0.2, 0.25) is 0 Å². The lowest BCUT2D eigenvalue weighted by Crippen LogP contribution is -2.35. The topological polar surface area (TPSA) is 152 Å². The quantitative estimate of drug-likeness (QED) is 0.258. The molecule has 226 valence electrons. The van der Waals surface area contributed by atoms with Crippen molar-refractivity contribution in [3.8, 4) is 34.1 Å². The van der Waals surface area contributed by atoms with Crippen LogP contribution in [-0.2, 0) is 33.5 Å². The van der Waals surface area contributed by atoms with Crippen molar-refractivity contribution in [1.29, 1.82) is 0 Å². The first kappa shape index (κ1) is 29.0. The molecule has 6 rings (SSSR count). The molecule has 3 unspecified atom stereocenters. The van der Waals surface area contributed by atoms with Crippen molar-refractivity contribution in [2.75, 3.05) is 21.3 Å². The summed E-state index contributed by atoms with van der Waals surface area (Å²) >= 11 is 0. The van der Waals surface area contributed by atoms with E-state index in [4.69, 9.17) is 18.9 Å². The molecule has 3 aromatic carbocycles. The summed E-state index contributed by atoms with van der Waals surface area (Å²) in [6.45, 7) is 3.07. The van der Waals surface area contributed by atoms with E-state index in [1.165, 1.54) is 21.1 Å². The van der Waals surface area contributed by atoms with E-state index in [9.17, 15) is 30.0 Å². The van der Waals surface area contributed by atoms with Crippen LogP contribution in [0.25, 0.3) is 21.9 Å². The SMILES string of the molecule is COC1=CC(OC)c2c(cc3c(c2O)-c2c(OC)cc4cc5c(c(O)c4c2OC(=O)CC(C)(O)C3)C(=O)CC(C)(O)C5)C1. The van der Waals surface area contributed by atoms with Gasteiger partial charge in [-0.2, -0.15) is 0 Å². The number of allylic oxidation sites excluding steroid dienone is 1. The van der Waals surface area contributed by atoms with Gasteiger partial charge in [-0.3, -0.25) is 9.59 Å². The molecule has 3 aliphatic rings. The number of fused-ring (bicyclic) bond motifs is 7. The lowest BCUT2D eigenvalue weighted by molar-refractivity contribution is -0.138. The summed E-state index contributed by atoms with van der Waals surface area (Å²) in [4.78, 5) is 26.5. The van der Waals surface area contributed by atoms with Crippen molar-refractivity contribution in [3.63, 3.8) is 0 Å². The van der Waals surface area contributed by atoms with Gasteiger partial charge in [0.25, 0.3) is 0 Å². The van der Waals surface area contributed by atoms with E-state index >= 15 is 0 Å². The number of benzene rings is 3. The van der Waals surface area contributed by atoms with Gasteiger partial charge in [-0.15, -0.1) is 0 Å². The van der Waals surface area contributed by atoms with Gasteiger partial charge in [0.05, 0.1) is 54.1 Å². The number of Topliss-reactive ketones (excluding diaryl/α,β-unsaturated/α-hetero) is 1. The second-order valence-electron chi connectivity index (χ2n) is 12.2. The van der Waals surface area contributed by atoms with E-state index in [-0.39, 0.29) is 65.0 Å². The number of hydrogen-bond donors (Lipinski definition) is 4. The van der Waals surface area contributed by atoms with Gasteiger partial charge >= 0.3 is 5.97 Å². The van der Waals surface area contributed by atoms with E-state index in [2.05, 4.69) is 0 Å². The fourth-order valence-electron chi connectivity index (χ4n) is 6.85. The van der Waals surface area contributed by atoms with Crippen molar-refractivity contribution < 1.29 is 49.0 Å². The zero-order valence-electron chi connectivity index (χ0n) is 24.7. The molecular formula is C33H34O10. The Balaban J connectivity index is 1.74. The van der Waals surface area contributed by atoms with Gasteiger partial charge < -0.3 is 39.4 Å². The molecule has 0 fully saturated rings. The fraction of sp³-hybridized carbons (Fsp3) is 0.394. The van der Waals surface area contributed by atoms with Gasteiger partial charge in [0, 0.05) is 43.9 Å². The molecule has 43 heavy (non-hydrogen) atoms. The Bertz CT molecular complexity index is 1750. The maximum absolute atomic E-state index is 13.3. The number of aliphatic hydroxyl groups is 2. The number of phenolic OH excluding ortho intramolecular Hbond substituents is 2. The number of carbonyl (C=O) groups excluding carboxylic acids is 2. The molecule has 3 atom stereocenters. The predicted molar refractivity (Wildman–Crippen MR) is 156 cm³/mol. The molecule has 0 spiro atoms. The predicted octanol–water partition coefficient (Wildman–Crippen LogP) is 4.18. The second kappa shape index (κ2) is 9.97. The minimum absolute atomic E-state index is 0.0215. The molecule has 0 aromatic heterocycles. The summed E-state index contributed by atoms with van der Waals surface area (Å²) in [7, 11) is 4.49. The maximum atomic E-state index is 13.3. The normalized spacial score (nSPS) is 24.8. The number of hydrogen-bond acceptors (Lipinski definition) is 10. The van der Waals surface area contributed by atoms with Gasteiger partial charge in [0.1, 0.15) is 23.4 Å². The summed E-state index contributed by atoms with van der Waals surface area (Å²) in [6, 6.07) is 5.14. The third-order valence-electron chi connectivity index (χ3n) is 8.58. The number of ketones is 1. The van der Waals surface area contributed by atoms with Gasteiger partial charge in [0.15, 0.2) is 11.5 Å². The van der Waals surface area contributed by atoms with Crippen molar-refractivity contribution in [3.05, 3.63) is 57.9 Å². The van der Waals surface area contributed by atoms with Crippen LogP contribution in [0.15, 0.2) is 30.0 Å². The number of rotatable bonds is 3. The van der Waals surface area contributed by atoms with E-state index in [1.54, 1.807) is 32.2 Å². The summed E-state index contributed by atoms with van der Waals surface area (Å²) in [5.41, 5.74) is -0.221. The number of aromatic hydroxyl groups is 2. The van der Waals surface area contributed by atoms with Crippen LogP contribution in [0, 0.1) is 0 Å². The minimum atomic E-state index is -1.56. The fourth-order valence-corrected chi connectivity index (χ4v) is 6.85. The highest BCUT2D eigenvalue weighted by molar-refractivity contribution is 6.12. The summed E-state index contributed by atoms with van der Waals surface area (Å²) in [6.07, 6.45) is 0.990. The highest BCUT2D eigenvalue weighted by Crippen LogP contribution is 2.55. The monoisotopic (exact) mass is 590 g/mol. The lowest BCUT2D eigenvalue weighted by atomic mass is 9.78. The zero-order chi connectivity index (χ0) is 31.0. The van der Waals surface area contributed by atoms with Crippen LogP contribution in [0.1, 0.15) is 65.4 Å². The van der Waals surface area contributed by atoms with Crippen LogP contribution in [0.4, 0.5) is 0 Å². The number of ether oxygens (including phenoxy) is 4. The molecule has 1 heterocycles. The highest BCUT2D eigenvalue weighted by atomic mass is 16.5. The van der Waals surface area contributed by atoms with E-state index in [0.29, 0.717) is 34.3 Å². The van der Waals surface area contributed by atoms with Crippen molar-refractivity contribution >= 4 is 22.5 Å². The summed E-state index contributed by atoms with van der Waals surface area (Å²) in [5.74, 6) is -1.03. The molecule has 0 amide bonds. The highest BCUT2D eigenvalue weighted by Gasteiger charge is 2.40. The van der Waals surface area contributed by atoms with Crippen molar-refractivity contribution in [2.45, 2.75) is 63.3 Å². The Labute approximate surface area is 248 Å². The Hall–Kier alpha value is -4.12. The molecule has 4 N–H and O–H groups in total. The zero-order valence-corrected chi connectivity index (χ0v) is 24.7. The van der Waals surface area contributed by atoms with E-state index in [1.807, 2.05) is 6.07 Å². The molecule has 0 saturated heterocycles. The summed E-state index contributed by atoms with van der Waals surface area (Å²) in [5, 5.41) is 46.1. The molecule has 2 aliphatic carbocycles. The van der Waals surface area contributed by atoms with Crippen LogP contribution in [-0.4, -0.2) is 64.7 Å². The van der Waals surface area contributed by atoms with E-state index < -0.39 is 34.8 Å². The standard InChI is InChI=1S/C33H34O10/c1-32(38)11-17-7-16-9-21(41-4)28-26-18(6-15-8-19(40-3)10-22(42-5)25(15)30(26)37)12-33(2,39)14-23(35)43-31(28)27(16)29(36)24(17)20(34)13-32/h6-7,9-10,22,36-39H,8,11-14H2,1-5H3. The average molecular weight is 591 g/mol. The third kappa shape index (κ3) is 4.70. The van der Waals surface area contributed by atoms with Crippen molar-refractivity contribution in [1.82, 2.24) is 0 Å². The first-order valence-corrected chi connectivity index (χ1v) is 14.0. The van der Waals surface area contributed by atoms with Gasteiger partial charge in [-0.1, -0.05) is 6.07 Å². The molecule has 0 saturated carbocycles. The second-order valence-corrected chi connectivity index (χ2v) is 12.2. The van der Waals surface area contributed by atoms with Gasteiger partial charge in [-0.05, 0) is 54.1 Å². The van der Waals surface area contributed by atoms with Gasteiger partial charge in [-0.25, -0.2) is 0 Å². The Morgan fingerprint density at radius 2 is 1.49 bits per heavy atom. The third-order valence-corrected chi connectivity index (χ3v) is 8.58. The molecule has 3 aromatic rings. The largest absolute Gasteiger partial charge is 0.507 e. The minimum Gasteiger partial charge on any atom is -0.507 e. The Morgan fingerprint density at radius 1 is 0.814 bits per heavy atom. The molecule has 10 heteroatoms. The lowest BCUT2D eigenvalue weighted by Gasteiger charge is -2.30. The van der Waals surface area contributed by atoms with Crippen molar-refractivity contribution in [2.24, 2.45) is 0 Å². The van der Waals surface area contributed by atoms with Crippen LogP contribution >= 0.6 is 0 Å². The summed E-state index contributed by atoms with van der Waals surface area (Å²) < 4.78 is 22.9. The molecule has 0 bridgehead atoms. The van der Waals surface area contributed by atoms with Crippen LogP contribution in [0.2, 0.25) is 0 Å². The molecule has 10 nitrogen and oxygen atoms in total. The molecule has 0 radical (unpaired) electrons. The first-order valence-electron chi connectivity index (χ1n) is 14.0. The van der Waals surface area contributed by atoms with Crippen LogP contribution in [0.3, 0.4) is 0 Å². The molecule has 1 aliphatic heterocycles.